The average Bonchev–Trinajstić information content (AvgIpc) is 3.73. The Hall–Kier alpha value is -3.63. The molecule has 3 aromatic rings. The van der Waals surface area contributed by atoms with Crippen LogP contribution in [0.4, 0.5) is 33.6 Å². The Morgan fingerprint density at radius 3 is 2.58 bits per heavy atom. The minimum absolute atomic E-state index is 0.0831. The number of nitrogens with one attached hydrogen (secondary N) is 1. The minimum Gasteiger partial charge on any atom is -0.472 e. The number of alkyl halides is 4. The van der Waals surface area contributed by atoms with Gasteiger partial charge in [0.1, 0.15) is 46.6 Å². The van der Waals surface area contributed by atoms with E-state index in [2.05, 4.69) is 27.2 Å². The molecule has 7 rings (SSSR count). The van der Waals surface area contributed by atoms with Crippen molar-refractivity contribution in [3.63, 3.8) is 0 Å². The van der Waals surface area contributed by atoms with E-state index in [-0.39, 0.29) is 59.3 Å². The number of ether oxygens (including phenoxy) is 3. The van der Waals surface area contributed by atoms with Crippen molar-refractivity contribution in [1.29, 1.82) is 0 Å². The highest BCUT2D eigenvalue weighted by Crippen LogP contribution is 2.48. The summed E-state index contributed by atoms with van der Waals surface area (Å²) in [5.41, 5.74) is 2.58. The Morgan fingerprint density at radius 1 is 1.15 bits per heavy atom. The molecular weight excluding hydrogens is 639 g/mol. The number of anilines is 2. The standard InChI is InChI=1S/C32H39F5N8O3/c1-5-17-10-45-20(9-39-17)16(3)48-29-23-27(25(34)26(41-29)18-8-22(38)40-15(2)24(18)32(35,36)37)42-30(43-28(23)45)47-14-31(6-7-31)13-44-11-19(33)21(12-44)46-4/h8,16-17,19-21,39H,5-7,9-14H2,1-4H3,(H2,38,40)/t16-,17+,19-,20-,21-/m0/s1. The number of aryl methyl sites for hydroxylation is 1. The number of nitrogen functional groups attached to an aromatic ring is 1. The van der Waals surface area contributed by atoms with Crippen molar-refractivity contribution in [3.8, 4) is 23.1 Å². The van der Waals surface area contributed by atoms with E-state index in [4.69, 9.17) is 24.9 Å². The summed E-state index contributed by atoms with van der Waals surface area (Å²) in [6.07, 6.45) is -4.43. The van der Waals surface area contributed by atoms with E-state index in [1.54, 1.807) is 0 Å². The molecule has 11 nitrogen and oxygen atoms in total. The number of hydrogen-bond donors (Lipinski definition) is 2. The first kappa shape index (κ1) is 32.9. The molecule has 1 saturated carbocycles. The number of halogens is 5. The second-order valence-corrected chi connectivity index (χ2v) is 13.5. The number of pyridine rings is 2. The molecule has 0 spiro atoms. The summed E-state index contributed by atoms with van der Waals surface area (Å²) in [6.45, 7) is 7.62. The van der Waals surface area contributed by atoms with Gasteiger partial charge in [-0.25, -0.2) is 18.7 Å². The smallest absolute Gasteiger partial charge is 0.418 e. The lowest BCUT2D eigenvalue weighted by Crippen LogP contribution is -2.60. The van der Waals surface area contributed by atoms with Gasteiger partial charge in [-0.05, 0) is 39.2 Å². The largest absolute Gasteiger partial charge is 0.472 e. The molecule has 4 aliphatic rings. The molecule has 0 bridgehead atoms. The van der Waals surface area contributed by atoms with Gasteiger partial charge in [0.05, 0.1) is 23.9 Å². The second-order valence-electron chi connectivity index (χ2n) is 13.5. The zero-order valence-electron chi connectivity index (χ0n) is 27.2. The molecule has 0 unspecified atom stereocenters. The highest BCUT2D eigenvalue weighted by Gasteiger charge is 2.48. The summed E-state index contributed by atoms with van der Waals surface area (Å²) in [7, 11) is 1.50. The number of fused-ring (bicyclic) bond motifs is 2. The maximum absolute atomic E-state index is 16.8. The van der Waals surface area contributed by atoms with E-state index in [1.807, 2.05) is 16.7 Å². The predicted octanol–water partition coefficient (Wildman–Crippen LogP) is 4.30. The van der Waals surface area contributed by atoms with Gasteiger partial charge < -0.3 is 30.2 Å². The van der Waals surface area contributed by atoms with Crippen LogP contribution in [0.1, 0.15) is 44.4 Å². The average molecular weight is 679 g/mol. The van der Waals surface area contributed by atoms with Crippen molar-refractivity contribution in [2.45, 2.75) is 76.7 Å². The summed E-state index contributed by atoms with van der Waals surface area (Å²) in [6, 6.07) is 0.691. The Labute approximate surface area is 274 Å². The summed E-state index contributed by atoms with van der Waals surface area (Å²) in [5.74, 6) is -1.05. The van der Waals surface area contributed by atoms with Crippen molar-refractivity contribution in [2.24, 2.45) is 5.41 Å². The number of nitrogens with zero attached hydrogens (tertiary/aromatic N) is 6. The first-order valence-electron chi connectivity index (χ1n) is 16.3. The fourth-order valence-corrected chi connectivity index (χ4v) is 7.28. The fourth-order valence-electron chi connectivity index (χ4n) is 7.28. The van der Waals surface area contributed by atoms with Crippen molar-refractivity contribution >= 4 is 22.5 Å². The third-order valence-corrected chi connectivity index (χ3v) is 10.1. The highest BCUT2D eigenvalue weighted by molar-refractivity contribution is 5.97. The zero-order chi connectivity index (χ0) is 34.1. The molecule has 260 valence electrons. The van der Waals surface area contributed by atoms with Crippen molar-refractivity contribution in [2.75, 3.05) is 57.1 Å². The van der Waals surface area contributed by atoms with Crippen LogP contribution in [-0.4, -0.2) is 102 Å². The van der Waals surface area contributed by atoms with E-state index in [0.29, 0.717) is 32.0 Å². The van der Waals surface area contributed by atoms with Crippen molar-refractivity contribution in [3.05, 3.63) is 23.1 Å². The quantitative estimate of drug-likeness (QED) is 0.332. The topological polar surface area (TPSA) is 124 Å². The molecule has 0 aromatic carbocycles. The van der Waals surface area contributed by atoms with E-state index < -0.39 is 52.9 Å². The van der Waals surface area contributed by atoms with Gasteiger partial charge in [0.15, 0.2) is 5.82 Å². The zero-order valence-corrected chi connectivity index (χ0v) is 27.2. The summed E-state index contributed by atoms with van der Waals surface area (Å²) < 4.78 is 92.0. The van der Waals surface area contributed by atoms with Crippen LogP contribution in [0.25, 0.3) is 22.2 Å². The first-order valence-corrected chi connectivity index (χ1v) is 16.3. The van der Waals surface area contributed by atoms with Crippen LogP contribution in [0.2, 0.25) is 0 Å². The van der Waals surface area contributed by atoms with Crippen LogP contribution in [-0.2, 0) is 10.9 Å². The third kappa shape index (κ3) is 5.85. The number of piperazine rings is 1. The van der Waals surface area contributed by atoms with Crippen LogP contribution >= 0.6 is 0 Å². The molecule has 3 N–H and O–H groups in total. The van der Waals surface area contributed by atoms with Gasteiger partial charge in [0.25, 0.3) is 0 Å². The lowest BCUT2D eigenvalue weighted by atomic mass is 10.0. The Balaban J connectivity index is 1.33. The molecule has 16 heteroatoms. The van der Waals surface area contributed by atoms with Gasteiger partial charge >= 0.3 is 12.2 Å². The van der Waals surface area contributed by atoms with E-state index in [9.17, 15) is 17.6 Å². The summed E-state index contributed by atoms with van der Waals surface area (Å²) >= 11 is 0. The maximum atomic E-state index is 16.8. The van der Waals surface area contributed by atoms with Crippen LogP contribution < -0.4 is 25.4 Å². The molecule has 0 radical (unpaired) electrons. The predicted molar refractivity (Wildman–Crippen MR) is 167 cm³/mol. The van der Waals surface area contributed by atoms with E-state index >= 15 is 4.39 Å². The SMILES string of the molecule is CC[C@@H]1CN2c3nc(OCC4(CN5C[C@H](OC)[C@@H](F)C5)CC4)nc4c(F)c(-c5cc(N)nc(C)c5C(F)(F)F)nc(c34)O[C@@H](C)[C@@H]2CN1. The normalized spacial score (nSPS) is 26.7. The second kappa shape index (κ2) is 12.1. The Morgan fingerprint density at radius 2 is 1.92 bits per heavy atom. The fraction of sp³-hybridized carbons (Fsp3) is 0.625. The van der Waals surface area contributed by atoms with Gasteiger partial charge in [-0.15, -0.1) is 0 Å². The minimum atomic E-state index is -4.88. The first-order chi connectivity index (χ1) is 22.8. The van der Waals surface area contributed by atoms with Crippen LogP contribution in [0.15, 0.2) is 6.07 Å². The number of hydrogen-bond acceptors (Lipinski definition) is 11. The van der Waals surface area contributed by atoms with Crippen molar-refractivity contribution < 1.29 is 36.2 Å². The van der Waals surface area contributed by atoms with Crippen LogP contribution in [0.5, 0.6) is 11.9 Å². The van der Waals surface area contributed by atoms with Gasteiger partial charge in [0.2, 0.25) is 5.88 Å². The number of methoxy groups -OCH3 is 1. The van der Waals surface area contributed by atoms with Crippen LogP contribution in [0, 0.1) is 18.2 Å². The Bertz CT molecular complexity index is 1720. The summed E-state index contributed by atoms with van der Waals surface area (Å²) in [4.78, 5) is 21.4. The highest BCUT2D eigenvalue weighted by atomic mass is 19.4. The molecule has 3 aromatic heterocycles. The van der Waals surface area contributed by atoms with Gasteiger partial charge in [-0.2, -0.15) is 23.1 Å². The molecule has 3 aliphatic heterocycles. The van der Waals surface area contributed by atoms with E-state index in [0.717, 1.165) is 32.3 Å². The number of likely N-dealkylation sites (tertiary alicyclic amines) is 1. The van der Waals surface area contributed by atoms with Crippen LogP contribution in [0.3, 0.4) is 0 Å². The lowest BCUT2D eigenvalue weighted by molar-refractivity contribution is -0.137. The van der Waals surface area contributed by atoms with Gasteiger partial charge in [-0.1, -0.05) is 6.92 Å². The van der Waals surface area contributed by atoms with Gasteiger partial charge in [-0.3, -0.25) is 4.90 Å². The molecule has 48 heavy (non-hydrogen) atoms. The molecule has 2 saturated heterocycles. The maximum Gasteiger partial charge on any atom is 0.418 e. The molecule has 3 fully saturated rings. The monoisotopic (exact) mass is 678 g/mol. The molecular formula is C32H39F5N8O3. The van der Waals surface area contributed by atoms with Gasteiger partial charge in [0, 0.05) is 56.9 Å². The van der Waals surface area contributed by atoms with E-state index in [1.165, 1.54) is 7.11 Å². The number of nitrogens with two attached hydrogens (primary N) is 1. The lowest BCUT2D eigenvalue weighted by Gasteiger charge is -2.42. The Kier molecular flexibility index (Phi) is 8.26. The molecule has 1 aliphatic carbocycles. The number of aromatic nitrogens is 4. The molecule has 6 heterocycles. The summed E-state index contributed by atoms with van der Waals surface area (Å²) in [5, 5.41) is 3.66. The molecule has 0 amide bonds. The number of rotatable bonds is 8. The molecule has 5 atom stereocenters. The third-order valence-electron chi connectivity index (χ3n) is 10.1. The van der Waals surface area contributed by atoms with Crippen molar-refractivity contribution in [1.82, 2.24) is 30.2 Å².